The number of allylic oxidation sites excluding steroid dienone is 3. The Kier molecular flexibility index (Phi) is 3.17. The highest BCUT2D eigenvalue weighted by atomic mass is 14.4. The number of hydrogen-bond acceptors (Lipinski definition) is 0. The Hall–Kier alpha value is -0.740. The van der Waals surface area contributed by atoms with Gasteiger partial charge in [0.05, 0.1) is 0 Å². The van der Waals surface area contributed by atoms with Gasteiger partial charge in [0.25, 0.3) is 0 Å². The maximum atomic E-state index is 3.67. The molecule has 1 saturated carbocycles. The third-order valence-electron chi connectivity index (χ3n) is 2.87. The Morgan fingerprint density at radius 1 is 1.54 bits per heavy atom. The minimum atomic E-state index is 0.665. The van der Waals surface area contributed by atoms with Crippen molar-refractivity contribution in [1.29, 1.82) is 0 Å². The van der Waals surface area contributed by atoms with Crippen LogP contribution >= 0.6 is 0 Å². The van der Waals surface area contributed by atoms with Gasteiger partial charge in [0, 0.05) is 0 Å². The first-order valence-electron chi connectivity index (χ1n) is 5.14. The predicted molar refractivity (Wildman–Crippen MR) is 58.5 cm³/mol. The summed E-state index contributed by atoms with van der Waals surface area (Å²) in [6, 6.07) is 0. The summed E-state index contributed by atoms with van der Waals surface area (Å²) >= 11 is 0. The molecule has 0 heterocycles. The average Bonchev–Trinajstić information content (AvgIpc) is 2.77. The van der Waals surface area contributed by atoms with Gasteiger partial charge in [-0.05, 0) is 36.7 Å². The van der Waals surface area contributed by atoms with Crippen LogP contribution < -0.4 is 0 Å². The zero-order chi connectivity index (χ0) is 10.0. The van der Waals surface area contributed by atoms with E-state index in [1.165, 1.54) is 12.0 Å². The van der Waals surface area contributed by atoms with Crippen molar-refractivity contribution in [3.8, 4) is 0 Å². The van der Waals surface area contributed by atoms with Crippen molar-refractivity contribution >= 4 is 0 Å². The van der Waals surface area contributed by atoms with Gasteiger partial charge in [-0.3, -0.25) is 0 Å². The highest BCUT2D eigenvalue weighted by Gasteiger charge is 2.36. The van der Waals surface area contributed by atoms with E-state index in [4.69, 9.17) is 0 Å². The van der Waals surface area contributed by atoms with Crippen molar-refractivity contribution in [3.63, 3.8) is 0 Å². The molecule has 2 atom stereocenters. The van der Waals surface area contributed by atoms with E-state index in [1.807, 2.05) is 0 Å². The third-order valence-corrected chi connectivity index (χ3v) is 2.87. The van der Waals surface area contributed by atoms with Crippen molar-refractivity contribution in [1.82, 2.24) is 0 Å². The molecule has 0 bridgehead atoms. The van der Waals surface area contributed by atoms with E-state index in [-0.39, 0.29) is 0 Å². The monoisotopic (exact) mass is 176 g/mol. The van der Waals surface area contributed by atoms with Crippen LogP contribution in [-0.4, -0.2) is 0 Å². The maximum absolute atomic E-state index is 3.67. The molecule has 0 amide bonds. The molecule has 0 aromatic rings. The minimum Gasteiger partial charge on any atom is -0.125 e. The Bertz CT molecular complexity index is 262. The minimum absolute atomic E-state index is 0.665. The maximum Gasteiger partial charge on any atom is -0.00979 e. The first-order chi connectivity index (χ1) is 6.06. The predicted octanol–water partition coefficient (Wildman–Crippen LogP) is 3.96. The molecule has 0 aromatic carbocycles. The molecule has 0 nitrogen and oxygen atoms in total. The largest absolute Gasteiger partial charge is 0.125 e. The topological polar surface area (TPSA) is 0 Å². The molecular weight excluding hydrogens is 156 g/mol. The quantitative estimate of drug-likeness (QED) is 0.451. The molecule has 2 unspecified atom stereocenters. The average molecular weight is 176 g/mol. The van der Waals surface area contributed by atoms with Crippen molar-refractivity contribution < 1.29 is 0 Å². The summed E-state index contributed by atoms with van der Waals surface area (Å²) in [5, 5.41) is 0. The smallest absolute Gasteiger partial charge is 0.00979 e. The van der Waals surface area contributed by atoms with Gasteiger partial charge in [-0.2, -0.15) is 0 Å². The van der Waals surface area contributed by atoms with Crippen LogP contribution in [0.15, 0.2) is 29.5 Å². The van der Waals surface area contributed by atoms with Crippen molar-refractivity contribution in [2.75, 3.05) is 0 Å². The van der Waals surface area contributed by atoms with Crippen molar-refractivity contribution in [2.24, 2.45) is 17.8 Å². The molecular formula is C13H20. The Balaban J connectivity index is 2.80. The van der Waals surface area contributed by atoms with Crippen LogP contribution in [0.3, 0.4) is 0 Å². The lowest BCUT2D eigenvalue weighted by Crippen LogP contribution is -1.98. The van der Waals surface area contributed by atoms with E-state index >= 15 is 0 Å². The van der Waals surface area contributed by atoms with Gasteiger partial charge < -0.3 is 0 Å². The Labute approximate surface area is 82.0 Å². The first kappa shape index (κ1) is 10.3. The Morgan fingerprint density at radius 3 is 2.38 bits per heavy atom. The van der Waals surface area contributed by atoms with Crippen LogP contribution in [0.1, 0.15) is 34.1 Å². The molecule has 1 aliphatic carbocycles. The normalized spacial score (nSPS) is 27.3. The van der Waals surface area contributed by atoms with E-state index in [2.05, 4.69) is 46.1 Å². The molecule has 72 valence electrons. The molecule has 0 radical (unpaired) electrons. The van der Waals surface area contributed by atoms with Gasteiger partial charge in [0.1, 0.15) is 0 Å². The molecule has 1 aliphatic rings. The van der Waals surface area contributed by atoms with Gasteiger partial charge >= 0.3 is 0 Å². The lowest BCUT2D eigenvalue weighted by molar-refractivity contribution is 0.678. The zero-order valence-corrected chi connectivity index (χ0v) is 9.22. The molecule has 0 heteroatoms. The molecule has 1 fully saturated rings. The highest BCUT2D eigenvalue weighted by molar-refractivity contribution is 5.27. The van der Waals surface area contributed by atoms with Gasteiger partial charge in [-0.15, -0.1) is 5.73 Å². The summed E-state index contributed by atoms with van der Waals surface area (Å²) in [6.45, 7) is 12.6. The van der Waals surface area contributed by atoms with Gasteiger partial charge in [0.2, 0.25) is 0 Å². The molecule has 0 saturated heterocycles. The van der Waals surface area contributed by atoms with Crippen LogP contribution in [0.2, 0.25) is 0 Å². The fourth-order valence-corrected chi connectivity index (χ4v) is 1.79. The van der Waals surface area contributed by atoms with Crippen LogP contribution in [0.4, 0.5) is 0 Å². The summed E-state index contributed by atoms with van der Waals surface area (Å²) in [5.41, 5.74) is 5.69. The van der Waals surface area contributed by atoms with E-state index in [9.17, 15) is 0 Å². The van der Waals surface area contributed by atoms with Crippen LogP contribution in [0, 0.1) is 17.8 Å². The highest BCUT2D eigenvalue weighted by Crippen LogP contribution is 2.46. The van der Waals surface area contributed by atoms with E-state index in [1.54, 1.807) is 5.57 Å². The zero-order valence-electron chi connectivity index (χ0n) is 9.22. The molecule has 0 spiro atoms. The van der Waals surface area contributed by atoms with E-state index < -0.39 is 0 Å². The number of rotatable bonds is 3. The van der Waals surface area contributed by atoms with Crippen LogP contribution in [0.5, 0.6) is 0 Å². The summed E-state index contributed by atoms with van der Waals surface area (Å²) in [4.78, 5) is 0. The van der Waals surface area contributed by atoms with Gasteiger partial charge in [-0.1, -0.05) is 39.0 Å². The second kappa shape index (κ2) is 3.98. The summed E-state index contributed by atoms with van der Waals surface area (Å²) in [6.07, 6.45) is 3.64. The second-order valence-electron chi connectivity index (χ2n) is 4.48. The van der Waals surface area contributed by atoms with Crippen LogP contribution in [-0.2, 0) is 0 Å². The SMILES string of the molecule is C=C=C(C)C=C(C(C)C)C1CC1C. The van der Waals surface area contributed by atoms with Crippen molar-refractivity contribution in [2.45, 2.75) is 34.1 Å². The standard InChI is InChI=1S/C13H20/c1-6-10(4)7-12(9(2)3)13-8-11(13)5/h7,9,11,13H,1,8H2,2-5H3. The fraction of sp³-hybridized carbons (Fsp3) is 0.615. The van der Waals surface area contributed by atoms with Gasteiger partial charge in [0.15, 0.2) is 0 Å². The van der Waals surface area contributed by atoms with Crippen molar-refractivity contribution in [3.05, 3.63) is 29.5 Å². The summed E-state index contributed by atoms with van der Waals surface area (Å²) in [7, 11) is 0. The molecule has 1 rings (SSSR count). The molecule has 13 heavy (non-hydrogen) atoms. The molecule has 0 N–H and O–H groups in total. The number of hydrogen-bond donors (Lipinski definition) is 0. The Morgan fingerprint density at radius 2 is 2.08 bits per heavy atom. The van der Waals surface area contributed by atoms with E-state index in [0.29, 0.717) is 5.92 Å². The molecule has 0 aromatic heterocycles. The van der Waals surface area contributed by atoms with E-state index in [0.717, 1.165) is 11.8 Å². The van der Waals surface area contributed by atoms with Crippen LogP contribution in [0.25, 0.3) is 0 Å². The fourth-order valence-electron chi connectivity index (χ4n) is 1.79. The lowest BCUT2D eigenvalue weighted by atomic mass is 9.95. The van der Waals surface area contributed by atoms with Gasteiger partial charge in [-0.25, -0.2) is 0 Å². The summed E-state index contributed by atoms with van der Waals surface area (Å²) in [5.74, 6) is 2.40. The third kappa shape index (κ3) is 2.60. The lowest BCUT2D eigenvalue weighted by Gasteiger charge is -2.10. The summed E-state index contributed by atoms with van der Waals surface area (Å²) < 4.78 is 0. The first-order valence-corrected chi connectivity index (χ1v) is 5.14. The second-order valence-corrected chi connectivity index (χ2v) is 4.48. The molecule has 0 aliphatic heterocycles.